The molecule has 1 rings (SSSR count). The predicted molar refractivity (Wildman–Crippen MR) is 31.8 cm³/mol. The molecule has 0 spiro atoms. The van der Waals surface area contributed by atoms with Gasteiger partial charge in [0.1, 0.15) is 0 Å². The molecule has 1 aliphatic rings. The van der Waals surface area contributed by atoms with E-state index in [1.165, 1.54) is 0 Å². The van der Waals surface area contributed by atoms with Crippen molar-refractivity contribution in [2.24, 2.45) is 5.11 Å². The number of ether oxygens (including phenoxy) is 1. The van der Waals surface area contributed by atoms with E-state index in [2.05, 4.69) is 15.3 Å². The van der Waals surface area contributed by atoms with Crippen molar-refractivity contribution in [2.45, 2.75) is 6.10 Å². The first-order chi connectivity index (χ1) is 4.43. The van der Waals surface area contributed by atoms with Crippen LogP contribution in [0, 0.1) is 0 Å². The minimum absolute atomic E-state index is 0.0842. The average Bonchev–Trinajstić information content (AvgIpc) is 2.34. The van der Waals surface area contributed by atoms with Crippen LogP contribution >= 0.6 is 0 Å². The Morgan fingerprint density at radius 1 is 1.89 bits per heavy atom. The van der Waals surface area contributed by atoms with E-state index in [0.29, 0.717) is 13.3 Å². The fourth-order valence-corrected chi connectivity index (χ4v) is 0.700. The Bertz CT molecular complexity index is 125. The molecule has 0 saturated carbocycles. The first-order valence-corrected chi connectivity index (χ1v) is 2.76. The summed E-state index contributed by atoms with van der Waals surface area (Å²) in [6, 6.07) is 0. The lowest BCUT2D eigenvalue weighted by Crippen LogP contribution is -2.16. The van der Waals surface area contributed by atoms with Gasteiger partial charge >= 0.3 is 0 Å². The molecular formula is C4H8N4O. The monoisotopic (exact) mass is 128 g/mol. The van der Waals surface area contributed by atoms with Crippen molar-refractivity contribution < 1.29 is 4.74 Å². The Balaban J connectivity index is 2.18. The molecule has 1 atom stereocenters. The van der Waals surface area contributed by atoms with Gasteiger partial charge in [0.05, 0.1) is 19.4 Å². The van der Waals surface area contributed by atoms with Gasteiger partial charge in [-0.15, -0.1) is 0 Å². The van der Waals surface area contributed by atoms with Crippen LogP contribution in [-0.4, -0.2) is 25.9 Å². The number of hydrogen-bond acceptors (Lipinski definition) is 3. The molecule has 9 heavy (non-hydrogen) atoms. The fraction of sp³-hybridized carbons (Fsp3) is 1.00. The largest absolute Gasteiger partial charge is 0.362 e. The Morgan fingerprint density at radius 2 is 2.78 bits per heavy atom. The zero-order valence-corrected chi connectivity index (χ0v) is 4.95. The highest BCUT2D eigenvalue weighted by atomic mass is 16.5. The van der Waals surface area contributed by atoms with E-state index >= 15 is 0 Å². The molecule has 0 bridgehead atoms. The Morgan fingerprint density at radius 3 is 3.33 bits per heavy atom. The van der Waals surface area contributed by atoms with E-state index in [4.69, 9.17) is 10.3 Å². The van der Waals surface area contributed by atoms with Gasteiger partial charge in [0.2, 0.25) is 0 Å². The maximum Gasteiger partial charge on any atom is 0.0970 e. The molecule has 1 aliphatic heterocycles. The van der Waals surface area contributed by atoms with Crippen LogP contribution in [0.25, 0.3) is 10.4 Å². The van der Waals surface area contributed by atoms with Gasteiger partial charge in [0.15, 0.2) is 0 Å². The van der Waals surface area contributed by atoms with Crippen molar-refractivity contribution in [2.75, 3.05) is 19.8 Å². The summed E-state index contributed by atoms with van der Waals surface area (Å²) in [5.74, 6) is 0. The van der Waals surface area contributed by atoms with Crippen LogP contribution in [-0.2, 0) is 4.74 Å². The Hall–Kier alpha value is -0.770. The highest BCUT2D eigenvalue weighted by Gasteiger charge is 2.12. The number of nitrogens with zero attached hydrogens (tertiary/aromatic N) is 3. The normalized spacial score (nSPS) is 25.6. The van der Waals surface area contributed by atoms with Gasteiger partial charge in [-0.3, -0.25) is 5.32 Å². The molecule has 0 unspecified atom stereocenters. The third-order valence-corrected chi connectivity index (χ3v) is 1.14. The maximum absolute atomic E-state index is 7.91. The van der Waals surface area contributed by atoms with Gasteiger partial charge < -0.3 is 4.74 Å². The Labute approximate surface area is 52.6 Å². The van der Waals surface area contributed by atoms with Crippen LogP contribution in [0.15, 0.2) is 5.11 Å². The van der Waals surface area contributed by atoms with Crippen molar-refractivity contribution in [1.82, 2.24) is 5.32 Å². The minimum atomic E-state index is 0.0842. The third kappa shape index (κ3) is 1.89. The fourth-order valence-electron chi connectivity index (χ4n) is 0.700. The summed E-state index contributed by atoms with van der Waals surface area (Å²) >= 11 is 0. The zero-order valence-electron chi connectivity index (χ0n) is 4.95. The molecule has 0 radical (unpaired) electrons. The smallest absolute Gasteiger partial charge is 0.0970 e. The maximum atomic E-state index is 7.91. The molecule has 0 aromatic carbocycles. The molecule has 0 amide bonds. The SMILES string of the molecule is [N-]=[N+]=NC[C@@H]1CNCO1. The van der Waals surface area contributed by atoms with E-state index in [1.807, 2.05) is 0 Å². The molecule has 1 heterocycles. The van der Waals surface area contributed by atoms with E-state index in [1.54, 1.807) is 0 Å². The second-order valence-corrected chi connectivity index (χ2v) is 1.80. The molecule has 1 N–H and O–H groups in total. The van der Waals surface area contributed by atoms with Gasteiger partial charge in [-0.2, -0.15) is 0 Å². The first kappa shape index (κ1) is 6.35. The summed E-state index contributed by atoms with van der Waals surface area (Å²) in [6.07, 6.45) is 0.0842. The lowest BCUT2D eigenvalue weighted by atomic mass is 10.4. The molecule has 0 aliphatic carbocycles. The number of hydrogen-bond donors (Lipinski definition) is 1. The van der Waals surface area contributed by atoms with E-state index in [9.17, 15) is 0 Å². The van der Waals surface area contributed by atoms with Gasteiger partial charge in [-0.05, 0) is 5.53 Å². The molecule has 0 aromatic heterocycles. The second-order valence-electron chi connectivity index (χ2n) is 1.80. The summed E-state index contributed by atoms with van der Waals surface area (Å²) < 4.78 is 5.08. The summed E-state index contributed by atoms with van der Waals surface area (Å²) in [7, 11) is 0. The van der Waals surface area contributed by atoms with E-state index in [0.717, 1.165) is 6.54 Å². The molecule has 5 nitrogen and oxygen atoms in total. The molecule has 1 fully saturated rings. The summed E-state index contributed by atoms with van der Waals surface area (Å²) in [4.78, 5) is 2.62. The van der Waals surface area contributed by atoms with Crippen molar-refractivity contribution in [1.29, 1.82) is 0 Å². The average molecular weight is 128 g/mol. The molecule has 0 aromatic rings. The van der Waals surface area contributed by atoms with Crippen LogP contribution in [0.4, 0.5) is 0 Å². The highest BCUT2D eigenvalue weighted by Crippen LogP contribution is 1.96. The second kappa shape index (κ2) is 3.29. The van der Waals surface area contributed by atoms with Crippen LogP contribution in [0.5, 0.6) is 0 Å². The quantitative estimate of drug-likeness (QED) is 0.329. The number of nitrogens with one attached hydrogen (secondary N) is 1. The van der Waals surface area contributed by atoms with Gasteiger partial charge in [0, 0.05) is 11.5 Å². The molecule has 50 valence electrons. The lowest BCUT2D eigenvalue weighted by Gasteiger charge is -1.99. The molecule has 5 heteroatoms. The summed E-state index contributed by atoms with van der Waals surface area (Å²) in [6.45, 7) is 1.80. The predicted octanol–water partition coefficient (Wildman–Crippen LogP) is 0.243. The minimum Gasteiger partial charge on any atom is -0.362 e. The summed E-state index contributed by atoms with van der Waals surface area (Å²) in [5.41, 5.74) is 7.91. The van der Waals surface area contributed by atoms with Gasteiger partial charge in [-0.1, -0.05) is 5.11 Å². The van der Waals surface area contributed by atoms with Crippen molar-refractivity contribution >= 4 is 0 Å². The van der Waals surface area contributed by atoms with Crippen LogP contribution in [0.1, 0.15) is 0 Å². The molecular weight excluding hydrogens is 120 g/mol. The van der Waals surface area contributed by atoms with Crippen LogP contribution < -0.4 is 5.32 Å². The van der Waals surface area contributed by atoms with Crippen molar-refractivity contribution in [3.63, 3.8) is 0 Å². The van der Waals surface area contributed by atoms with Gasteiger partial charge in [0.25, 0.3) is 0 Å². The Kier molecular flexibility index (Phi) is 2.32. The molecule has 1 saturated heterocycles. The first-order valence-electron chi connectivity index (χ1n) is 2.76. The van der Waals surface area contributed by atoms with Crippen molar-refractivity contribution in [3.05, 3.63) is 10.4 Å². The third-order valence-electron chi connectivity index (χ3n) is 1.14. The highest BCUT2D eigenvalue weighted by molar-refractivity contribution is 4.68. The van der Waals surface area contributed by atoms with Crippen LogP contribution in [0.2, 0.25) is 0 Å². The topological polar surface area (TPSA) is 70.0 Å². The van der Waals surface area contributed by atoms with Crippen LogP contribution in [0.3, 0.4) is 0 Å². The van der Waals surface area contributed by atoms with Gasteiger partial charge in [-0.25, -0.2) is 0 Å². The summed E-state index contributed by atoms with van der Waals surface area (Å²) in [5, 5.41) is 6.35. The van der Waals surface area contributed by atoms with E-state index in [-0.39, 0.29) is 6.10 Å². The van der Waals surface area contributed by atoms with Crippen molar-refractivity contribution in [3.8, 4) is 0 Å². The standard InChI is InChI=1S/C4H8N4O/c5-8-7-2-4-1-6-3-9-4/h4,6H,1-3H2/t4-/m0/s1. The number of azide groups is 1. The van der Waals surface area contributed by atoms with E-state index < -0.39 is 0 Å². The lowest BCUT2D eigenvalue weighted by molar-refractivity contribution is 0.119. The zero-order chi connectivity index (χ0) is 6.53. The number of rotatable bonds is 2.